The van der Waals surface area contributed by atoms with Crippen LogP contribution in [0, 0.1) is 0 Å². The largest absolute Gasteiger partial charge is 0.495 e. The average molecular weight is 711 g/mol. The van der Waals surface area contributed by atoms with E-state index < -0.39 is 0 Å². The Morgan fingerprint density at radius 1 is 1.05 bits per heavy atom. The maximum absolute atomic E-state index is 5.77. The van der Waals surface area contributed by atoms with E-state index in [2.05, 4.69) is 59.7 Å². The average Bonchev–Trinajstić information content (AvgIpc) is 3.35. The molecule has 1 saturated heterocycles. The predicted octanol–water partition coefficient (Wildman–Crippen LogP) is 6.81. The minimum absolute atomic E-state index is 0.319. The highest BCUT2D eigenvalue weighted by molar-refractivity contribution is 14.2. The summed E-state index contributed by atoms with van der Waals surface area (Å²) in [4.78, 5) is 3.01. The molecule has 11 nitrogen and oxygen atoms in total. The molecule has 4 aromatic rings. The smallest absolute Gasteiger partial charge is 0.187 e. The molecule has 2 fully saturated rings. The normalized spacial score (nSPS) is 17.0. The molecule has 2 unspecified atom stereocenters. The minimum atomic E-state index is 0.319. The summed E-state index contributed by atoms with van der Waals surface area (Å²) < 4.78 is 33.9. The van der Waals surface area contributed by atoms with E-state index in [1.165, 1.54) is 30.5 Å². The van der Waals surface area contributed by atoms with Crippen LogP contribution in [0.1, 0.15) is 30.9 Å². The molecule has 2 aromatic carbocycles. The quantitative estimate of drug-likeness (QED) is 0.0921. The highest BCUT2D eigenvalue weighted by Gasteiger charge is 2.28. The van der Waals surface area contributed by atoms with Gasteiger partial charge in [0.15, 0.2) is 17.2 Å². The number of hydrogen-bond donors (Lipinski definition) is 2. The Hall–Kier alpha value is -2.61. The van der Waals surface area contributed by atoms with Crippen molar-refractivity contribution in [2.75, 3.05) is 56.5 Å². The summed E-state index contributed by atoms with van der Waals surface area (Å²) in [5.41, 5.74) is 3.66. The fraction of sp³-hybridized carbons (Fsp3) is 0.407. The van der Waals surface area contributed by atoms with Crippen LogP contribution in [0.5, 0.6) is 17.2 Å². The van der Waals surface area contributed by atoms with Crippen LogP contribution in [-0.2, 0) is 4.74 Å². The molecule has 218 valence electrons. The maximum Gasteiger partial charge on any atom is 0.187 e. The summed E-state index contributed by atoms with van der Waals surface area (Å²) in [6, 6.07) is 10.3. The molecule has 0 spiro atoms. The first-order valence-corrected chi connectivity index (χ1v) is 18.1. The fourth-order valence-corrected chi connectivity index (χ4v) is 7.43. The Labute approximate surface area is 257 Å². The second-order valence-electron chi connectivity index (χ2n) is 9.94. The number of nitrogens with zero attached hydrogens (tertiary/aromatic N) is 4. The molecule has 2 atom stereocenters. The highest BCUT2D eigenvalue weighted by Crippen LogP contribution is 2.46. The van der Waals surface area contributed by atoms with Crippen LogP contribution in [0.2, 0.25) is 0 Å². The van der Waals surface area contributed by atoms with Gasteiger partial charge in [0.05, 0.1) is 51.4 Å². The number of aromatic nitrogens is 3. The van der Waals surface area contributed by atoms with Gasteiger partial charge in [0.2, 0.25) is 0 Å². The third kappa shape index (κ3) is 5.86. The molecule has 3 heterocycles. The van der Waals surface area contributed by atoms with Gasteiger partial charge in [0.25, 0.3) is 0 Å². The molecular formula is C27H32IN6O5PS. The number of methoxy groups -OCH3 is 3. The molecule has 1 aliphatic heterocycles. The number of halogens is 1. The highest BCUT2D eigenvalue weighted by atomic mass is 127. The van der Waals surface area contributed by atoms with Crippen molar-refractivity contribution in [2.24, 2.45) is 0 Å². The molecule has 0 radical (unpaired) electrons. The van der Waals surface area contributed by atoms with Crippen LogP contribution in [0.15, 0.2) is 39.8 Å². The van der Waals surface area contributed by atoms with Crippen molar-refractivity contribution in [3.63, 3.8) is 0 Å². The van der Waals surface area contributed by atoms with E-state index in [0.29, 0.717) is 53.6 Å². The molecule has 2 aliphatic rings. The third-order valence-corrected chi connectivity index (χ3v) is 10.2. The number of benzene rings is 2. The first kappa shape index (κ1) is 28.5. The van der Waals surface area contributed by atoms with E-state index in [1.54, 1.807) is 21.3 Å². The molecule has 41 heavy (non-hydrogen) atoms. The number of likely N-dealkylation sites (N-methyl/N-ethyl adjacent to an activating group) is 1. The molecule has 14 heteroatoms. The van der Waals surface area contributed by atoms with Crippen molar-refractivity contribution in [2.45, 2.75) is 36.1 Å². The SMILES string of the molecule is COc1cc2c(NSc3c(OC)cc(N(C)C4CCOC4)cc3OC)noc2cc1Nc1cc(C2CC2)n(PI)n1. The Kier molecular flexibility index (Phi) is 8.57. The Morgan fingerprint density at radius 2 is 1.80 bits per heavy atom. The summed E-state index contributed by atoms with van der Waals surface area (Å²) in [5.74, 6) is 4.01. The lowest BCUT2D eigenvalue weighted by Crippen LogP contribution is -2.31. The van der Waals surface area contributed by atoms with E-state index in [9.17, 15) is 0 Å². The summed E-state index contributed by atoms with van der Waals surface area (Å²) in [5, 5.41) is 13.2. The minimum Gasteiger partial charge on any atom is -0.495 e. The summed E-state index contributed by atoms with van der Waals surface area (Å²) in [6.07, 6.45) is 3.99. The fourth-order valence-electron chi connectivity index (χ4n) is 4.94. The van der Waals surface area contributed by atoms with Crippen molar-refractivity contribution in [1.82, 2.24) is 14.7 Å². The Morgan fingerprint density at radius 3 is 2.44 bits per heavy atom. The lowest BCUT2D eigenvalue weighted by molar-refractivity contribution is 0.193. The Balaban J connectivity index is 1.23. The first-order chi connectivity index (χ1) is 20.0. The molecule has 2 aromatic heterocycles. The number of rotatable bonds is 12. The van der Waals surface area contributed by atoms with Gasteiger partial charge in [-0.1, -0.05) is 5.16 Å². The Bertz CT molecular complexity index is 1520. The van der Waals surface area contributed by atoms with Gasteiger partial charge in [0.1, 0.15) is 22.1 Å². The second kappa shape index (κ2) is 12.3. The van der Waals surface area contributed by atoms with Crippen LogP contribution in [0.25, 0.3) is 11.0 Å². The molecule has 1 saturated carbocycles. The van der Waals surface area contributed by atoms with Gasteiger partial charge >= 0.3 is 0 Å². The first-order valence-electron chi connectivity index (χ1n) is 13.2. The molecule has 1 aliphatic carbocycles. The van der Waals surface area contributed by atoms with Gasteiger partial charge in [-0.3, -0.25) is 0 Å². The van der Waals surface area contributed by atoms with Crippen LogP contribution >= 0.6 is 40.4 Å². The monoisotopic (exact) mass is 710 g/mol. The van der Waals surface area contributed by atoms with E-state index in [4.69, 9.17) is 28.6 Å². The van der Waals surface area contributed by atoms with Crippen LogP contribution < -0.4 is 29.1 Å². The van der Waals surface area contributed by atoms with Crippen molar-refractivity contribution < 1.29 is 23.5 Å². The van der Waals surface area contributed by atoms with Gasteiger partial charge in [0, 0.05) is 55.2 Å². The number of ether oxygens (including phenoxy) is 4. The summed E-state index contributed by atoms with van der Waals surface area (Å²) in [7, 11) is 7.03. The van der Waals surface area contributed by atoms with Crippen LogP contribution in [0.3, 0.4) is 0 Å². The van der Waals surface area contributed by atoms with Gasteiger partial charge in [-0.05, 0) is 59.3 Å². The second-order valence-corrected chi connectivity index (χ2v) is 12.8. The lowest BCUT2D eigenvalue weighted by Gasteiger charge is -2.27. The van der Waals surface area contributed by atoms with Crippen molar-refractivity contribution in [3.05, 3.63) is 36.0 Å². The van der Waals surface area contributed by atoms with Crippen molar-refractivity contribution >= 4 is 74.3 Å². The lowest BCUT2D eigenvalue weighted by atomic mass is 10.2. The van der Waals surface area contributed by atoms with Gasteiger partial charge in [-0.2, -0.15) is 5.10 Å². The van der Waals surface area contributed by atoms with Crippen LogP contribution in [0.4, 0.5) is 23.0 Å². The molecule has 0 bridgehead atoms. The van der Waals surface area contributed by atoms with Gasteiger partial charge < -0.3 is 38.4 Å². The van der Waals surface area contributed by atoms with E-state index in [-0.39, 0.29) is 0 Å². The van der Waals surface area contributed by atoms with Crippen molar-refractivity contribution in [3.8, 4) is 17.2 Å². The van der Waals surface area contributed by atoms with E-state index in [0.717, 1.165) is 40.5 Å². The van der Waals surface area contributed by atoms with E-state index >= 15 is 0 Å². The third-order valence-electron chi connectivity index (χ3n) is 7.42. The number of fused-ring (bicyclic) bond motifs is 1. The molecule has 6 rings (SSSR count). The topological polar surface area (TPSA) is 108 Å². The number of hydrogen-bond acceptors (Lipinski definition) is 11. The molecule has 0 amide bonds. The maximum atomic E-state index is 5.77. The van der Waals surface area contributed by atoms with E-state index in [1.807, 2.05) is 24.3 Å². The summed E-state index contributed by atoms with van der Waals surface area (Å²) in [6.45, 7) is 1.49. The van der Waals surface area contributed by atoms with Gasteiger partial charge in [-0.25, -0.2) is 4.45 Å². The zero-order chi connectivity index (χ0) is 28.5. The molecule has 2 N–H and O–H groups in total. The summed E-state index contributed by atoms with van der Waals surface area (Å²) >= 11 is 3.72. The standard InChI is InChI=1S/C27H32IN6O5PS/c1-33(16-7-8-38-14-16)17-9-23(36-3)26(24(10-17)37-4)41-32-27-18-11-22(35-2)19(12-21(18)39-31-27)29-25-13-20(15-5-6-15)34(30-25)40-28/h9-13,15-16,40H,5-8,14H2,1-4H3,(H,29,30)(H,31,32). The van der Waals surface area contributed by atoms with Crippen LogP contribution in [-0.4, -0.2) is 62.3 Å². The number of nitrogens with one attached hydrogen (secondary N) is 2. The zero-order valence-electron chi connectivity index (χ0n) is 23.2. The predicted molar refractivity (Wildman–Crippen MR) is 172 cm³/mol. The zero-order valence-corrected chi connectivity index (χ0v) is 27.2. The molecular weight excluding hydrogens is 678 g/mol. The van der Waals surface area contributed by atoms with Gasteiger partial charge in [-0.15, -0.1) is 0 Å². The number of anilines is 4. The van der Waals surface area contributed by atoms with Crippen molar-refractivity contribution in [1.29, 1.82) is 0 Å².